The van der Waals surface area contributed by atoms with Crippen molar-refractivity contribution in [1.82, 2.24) is 0 Å². The van der Waals surface area contributed by atoms with Crippen LogP contribution in [0.15, 0.2) is 0 Å². The van der Waals surface area contributed by atoms with Gasteiger partial charge >= 0.3 is 6.30 Å². The molecule has 9 heavy (non-hydrogen) atoms. The van der Waals surface area contributed by atoms with Gasteiger partial charge in [0.25, 0.3) is 0 Å². The summed E-state index contributed by atoms with van der Waals surface area (Å²) in [6.45, 7) is 0. The number of hydrogen-bond donors (Lipinski definition) is 0. The van der Waals surface area contributed by atoms with Crippen LogP contribution in [0.1, 0.15) is 0 Å². The van der Waals surface area contributed by atoms with E-state index in [2.05, 4.69) is 0 Å². The van der Waals surface area contributed by atoms with E-state index >= 15 is 0 Å². The van der Waals surface area contributed by atoms with Crippen molar-refractivity contribution in [3.63, 3.8) is 0 Å². The maximum absolute atomic E-state index is 11.0. The number of nitrogens with zero attached hydrogens (tertiary/aromatic N) is 1. The third kappa shape index (κ3) is 7.63. The Balaban J connectivity index is 4.07. The highest BCUT2D eigenvalue weighted by Gasteiger charge is 2.18. The number of halogens is 4. The minimum absolute atomic E-state index is 0.847. The molecular weight excluding hydrogens is 166 g/mol. The van der Waals surface area contributed by atoms with Crippen LogP contribution >= 0.6 is 0 Å². The second-order valence-corrected chi connectivity index (χ2v) is 1.98. The van der Waals surface area contributed by atoms with Crippen LogP contribution < -0.4 is 0 Å². The predicted octanol–water partition coefficient (Wildman–Crippen LogP) is 1.09. The van der Waals surface area contributed by atoms with E-state index in [1.807, 2.05) is 0 Å². The van der Waals surface area contributed by atoms with Gasteiger partial charge in [0.15, 0.2) is 0 Å². The largest absolute Gasteiger partial charge is 0.429 e. The maximum atomic E-state index is 11.0. The molecular formula is CF4NO2S-. The first-order chi connectivity index (χ1) is 3.71. The van der Waals surface area contributed by atoms with Crippen LogP contribution in [-0.4, -0.2) is 14.7 Å². The Morgan fingerprint density at radius 1 is 1.22 bits per heavy atom. The van der Waals surface area contributed by atoms with Crippen LogP contribution in [0.5, 0.6) is 0 Å². The van der Waals surface area contributed by atoms with Gasteiger partial charge in [0.05, 0.1) is 0 Å². The van der Waals surface area contributed by atoms with Gasteiger partial charge in [-0.15, -0.1) is 3.89 Å². The van der Waals surface area contributed by atoms with E-state index in [0.29, 0.717) is 0 Å². The highest BCUT2D eigenvalue weighted by atomic mass is 32.3. The SMILES string of the molecule is O=S(=O)(F)[N-]C(F)(F)F. The lowest BCUT2D eigenvalue weighted by Gasteiger charge is -2.17. The first-order valence-corrected chi connectivity index (χ1v) is 2.80. The topological polar surface area (TPSA) is 48.2 Å². The molecule has 0 bridgehead atoms. The summed E-state index contributed by atoms with van der Waals surface area (Å²) in [6.07, 6.45) is -5.35. The monoisotopic (exact) mass is 166 g/mol. The molecule has 0 fully saturated rings. The average Bonchev–Trinajstić information content (AvgIpc) is 1.14. The molecule has 0 rings (SSSR count). The van der Waals surface area contributed by atoms with Gasteiger partial charge in [-0.05, 0) is 0 Å². The zero-order valence-electron chi connectivity index (χ0n) is 3.68. The first-order valence-electron chi connectivity index (χ1n) is 1.46. The second-order valence-electron chi connectivity index (χ2n) is 0.971. The van der Waals surface area contributed by atoms with Gasteiger partial charge in [0.2, 0.25) is 10.4 Å². The highest BCUT2D eigenvalue weighted by Crippen LogP contribution is 2.26. The van der Waals surface area contributed by atoms with Crippen molar-refractivity contribution in [3.05, 3.63) is 4.72 Å². The van der Waals surface area contributed by atoms with Gasteiger partial charge in [-0.3, -0.25) is 0 Å². The van der Waals surface area contributed by atoms with Crippen molar-refractivity contribution >= 4 is 10.4 Å². The number of hydrogen-bond acceptors (Lipinski definition) is 2. The quantitative estimate of drug-likeness (QED) is 0.332. The summed E-state index contributed by atoms with van der Waals surface area (Å²) in [4.78, 5) is 0. The minimum atomic E-state index is -5.78. The summed E-state index contributed by atoms with van der Waals surface area (Å²) in [6, 6.07) is 0. The molecule has 0 saturated heterocycles. The van der Waals surface area contributed by atoms with E-state index in [1.165, 1.54) is 0 Å². The predicted molar refractivity (Wildman–Crippen MR) is 19.4 cm³/mol. The lowest BCUT2D eigenvalue weighted by Crippen LogP contribution is -2.08. The Bertz CT molecular complexity index is 179. The zero-order valence-corrected chi connectivity index (χ0v) is 4.50. The molecule has 0 saturated carbocycles. The molecule has 8 heteroatoms. The van der Waals surface area contributed by atoms with Crippen LogP contribution in [-0.2, 0) is 10.4 Å². The molecule has 0 aliphatic heterocycles. The average molecular weight is 166 g/mol. The summed E-state index contributed by atoms with van der Waals surface area (Å²) >= 11 is 0. The van der Waals surface area contributed by atoms with Crippen molar-refractivity contribution in [3.8, 4) is 0 Å². The Morgan fingerprint density at radius 3 is 1.56 bits per heavy atom. The van der Waals surface area contributed by atoms with Crippen molar-refractivity contribution in [2.75, 3.05) is 0 Å². The zero-order chi connectivity index (χ0) is 7.71. The van der Waals surface area contributed by atoms with Crippen LogP contribution in [0.3, 0.4) is 0 Å². The van der Waals surface area contributed by atoms with Crippen LogP contribution in [0, 0.1) is 0 Å². The van der Waals surface area contributed by atoms with E-state index in [9.17, 15) is 17.1 Å². The van der Waals surface area contributed by atoms with E-state index in [1.54, 1.807) is 0 Å². The fourth-order valence-electron chi connectivity index (χ4n) is 0.124. The molecule has 0 aliphatic rings. The van der Waals surface area contributed by atoms with Gasteiger partial charge in [0.1, 0.15) is 0 Å². The molecule has 3 nitrogen and oxygen atoms in total. The molecule has 0 aromatic rings. The third-order valence-electron chi connectivity index (χ3n) is 0.213. The van der Waals surface area contributed by atoms with E-state index in [-0.39, 0.29) is 0 Å². The molecule has 0 aromatic heterocycles. The summed E-state index contributed by atoms with van der Waals surface area (Å²) in [5.74, 6) is 0. The highest BCUT2D eigenvalue weighted by molar-refractivity contribution is 7.89. The van der Waals surface area contributed by atoms with Crippen molar-refractivity contribution in [2.24, 2.45) is 0 Å². The number of rotatable bonds is 1. The van der Waals surface area contributed by atoms with E-state index in [4.69, 9.17) is 8.42 Å². The van der Waals surface area contributed by atoms with Gasteiger partial charge in [-0.1, -0.05) is 0 Å². The molecule has 0 aliphatic carbocycles. The smallest absolute Gasteiger partial charge is 0.324 e. The van der Waals surface area contributed by atoms with E-state index < -0.39 is 16.7 Å². The standard InChI is InChI=1S/CF4NO2S/c2-1(3,4)6-9(5,7)8/q-1. The van der Waals surface area contributed by atoms with Gasteiger partial charge in [-0.2, -0.15) is 13.2 Å². The lowest BCUT2D eigenvalue weighted by atomic mass is 11.3. The summed E-state index contributed by atoms with van der Waals surface area (Å²) in [7, 11) is -5.78. The summed E-state index contributed by atoms with van der Waals surface area (Å²) in [5, 5.41) is 0. The van der Waals surface area contributed by atoms with Crippen molar-refractivity contribution in [1.29, 1.82) is 0 Å². The van der Waals surface area contributed by atoms with Crippen LogP contribution in [0.2, 0.25) is 0 Å². The molecule has 56 valence electrons. The minimum Gasteiger partial charge on any atom is -0.429 e. The van der Waals surface area contributed by atoms with Crippen LogP contribution in [0.4, 0.5) is 17.1 Å². The lowest BCUT2D eigenvalue weighted by molar-refractivity contribution is -0.0848. The second kappa shape index (κ2) is 2.10. The molecule has 0 unspecified atom stereocenters. The van der Waals surface area contributed by atoms with Gasteiger partial charge in [-0.25, -0.2) is 8.42 Å². The fraction of sp³-hybridized carbons (Fsp3) is 1.00. The maximum Gasteiger partial charge on any atom is 0.324 e. The van der Waals surface area contributed by atoms with Crippen molar-refractivity contribution < 1.29 is 25.5 Å². The number of alkyl halides is 3. The molecule has 0 N–H and O–H groups in total. The molecule has 0 amide bonds. The molecule has 0 heterocycles. The van der Waals surface area contributed by atoms with Crippen LogP contribution in [0.25, 0.3) is 4.72 Å². The van der Waals surface area contributed by atoms with Gasteiger partial charge in [0, 0.05) is 0 Å². The summed E-state index contributed by atoms with van der Waals surface area (Å²) < 4.78 is 62.3. The summed E-state index contributed by atoms with van der Waals surface area (Å²) in [5.41, 5.74) is 0. The Kier molecular flexibility index (Phi) is 2.02. The molecule has 0 aromatic carbocycles. The third-order valence-corrected chi connectivity index (χ3v) is 0.638. The Hall–Kier alpha value is -0.370. The normalized spacial score (nSPS) is 13.8. The Morgan fingerprint density at radius 2 is 1.56 bits per heavy atom. The molecule has 0 radical (unpaired) electrons. The molecule has 0 atom stereocenters. The van der Waals surface area contributed by atoms with Gasteiger partial charge < -0.3 is 4.72 Å². The first kappa shape index (κ1) is 8.63. The van der Waals surface area contributed by atoms with Crippen molar-refractivity contribution in [2.45, 2.75) is 6.30 Å². The molecule has 0 spiro atoms. The Labute approximate surface area is 48.0 Å². The fourth-order valence-corrected chi connectivity index (χ4v) is 0.371. The van der Waals surface area contributed by atoms with E-state index in [0.717, 1.165) is 4.72 Å².